The van der Waals surface area contributed by atoms with Crippen LogP contribution in [-0.2, 0) is 0 Å². The summed E-state index contributed by atoms with van der Waals surface area (Å²) in [5.74, 6) is 0. The van der Waals surface area contributed by atoms with Crippen molar-refractivity contribution in [2.75, 3.05) is 6.54 Å². The minimum absolute atomic E-state index is 0.270. The minimum atomic E-state index is -0.735. The molecule has 0 radical (unpaired) electrons. The van der Waals surface area contributed by atoms with Gasteiger partial charge in [-0.3, -0.25) is 0 Å². The second-order valence-electron chi connectivity index (χ2n) is 3.22. The number of aliphatic hydroxyl groups is 1. The second-order valence-corrected chi connectivity index (χ2v) is 3.22. The lowest BCUT2D eigenvalue weighted by Gasteiger charge is -2.35. The van der Waals surface area contributed by atoms with Crippen molar-refractivity contribution in [3.63, 3.8) is 0 Å². The van der Waals surface area contributed by atoms with Gasteiger partial charge in [-0.25, -0.2) is 4.79 Å². The van der Waals surface area contributed by atoms with Gasteiger partial charge in [0.25, 0.3) is 0 Å². The van der Waals surface area contributed by atoms with Gasteiger partial charge in [0.05, 0.1) is 0 Å². The third kappa shape index (κ3) is 1.21. The molecular weight excluding hydrogens is 132 g/mol. The van der Waals surface area contributed by atoms with Crippen LogP contribution in [0.5, 0.6) is 0 Å². The average molecular weight is 144 g/mol. The number of aliphatic hydroxyl groups excluding tert-OH is 1. The predicted octanol–water partition coefficient (Wildman–Crippen LogP) is -0.356. The van der Waals surface area contributed by atoms with E-state index in [9.17, 15) is 9.90 Å². The van der Waals surface area contributed by atoms with Crippen LogP contribution in [0.4, 0.5) is 4.79 Å². The molecule has 1 rings (SSSR count). The lowest BCUT2D eigenvalue weighted by atomic mass is 9.90. The van der Waals surface area contributed by atoms with E-state index in [4.69, 9.17) is 0 Å². The highest BCUT2D eigenvalue weighted by molar-refractivity contribution is 5.75. The largest absolute Gasteiger partial charge is 0.373 e. The topological polar surface area (TPSA) is 61.4 Å². The molecule has 0 aromatic carbocycles. The Kier molecular flexibility index (Phi) is 1.56. The van der Waals surface area contributed by atoms with Gasteiger partial charge >= 0.3 is 6.03 Å². The molecule has 2 amide bonds. The summed E-state index contributed by atoms with van der Waals surface area (Å²) in [5, 5.41) is 14.2. The number of nitrogens with one attached hydrogen (secondary N) is 2. The Hall–Kier alpha value is -0.770. The van der Waals surface area contributed by atoms with E-state index in [0.717, 1.165) is 0 Å². The Morgan fingerprint density at radius 1 is 1.70 bits per heavy atom. The number of carbonyl (C=O) groups is 1. The van der Waals surface area contributed by atoms with Gasteiger partial charge in [-0.15, -0.1) is 0 Å². The minimum Gasteiger partial charge on any atom is -0.373 e. The van der Waals surface area contributed by atoms with E-state index >= 15 is 0 Å². The molecule has 10 heavy (non-hydrogen) atoms. The summed E-state index contributed by atoms with van der Waals surface area (Å²) in [7, 11) is 0. The Balaban J connectivity index is 2.60. The predicted molar refractivity (Wildman–Crippen MR) is 36.3 cm³/mol. The Labute approximate surface area is 59.6 Å². The fourth-order valence-corrected chi connectivity index (χ4v) is 0.775. The maximum atomic E-state index is 10.6. The molecule has 0 aromatic rings. The van der Waals surface area contributed by atoms with Crippen LogP contribution in [0.3, 0.4) is 0 Å². The van der Waals surface area contributed by atoms with Gasteiger partial charge in [-0.1, -0.05) is 13.8 Å². The molecule has 4 heteroatoms. The average Bonchev–Trinajstić information content (AvgIpc) is 1.81. The van der Waals surface area contributed by atoms with E-state index in [0.29, 0.717) is 6.54 Å². The van der Waals surface area contributed by atoms with Crippen LogP contribution in [0, 0.1) is 5.41 Å². The third-order valence-electron chi connectivity index (χ3n) is 1.71. The van der Waals surface area contributed by atoms with Gasteiger partial charge in [-0.2, -0.15) is 0 Å². The summed E-state index contributed by atoms with van der Waals surface area (Å²) in [4.78, 5) is 10.6. The monoisotopic (exact) mass is 144 g/mol. The normalized spacial score (nSPS) is 30.7. The van der Waals surface area contributed by atoms with Crippen LogP contribution < -0.4 is 10.6 Å². The van der Waals surface area contributed by atoms with Crippen molar-refractivity contribution in [3.8, 4) is 0 Å². The lowest BCUT2D eigenvalue weighted by molar-refractivity contribution is 0.0181. The van der Waals surface area contributed by atoms with Crippen LogP contribution in [0.15, 0.2) is 0 Å². The maximum absolute atomic E-state index is 10.6. The van der Waals surface area contributed by atoms with Gasteiger partial charge in [-0.05, 0) is 0 Å². The van der Waals surface area contributed by atoms with Gasteiger partial charge < -0.3 is 15.7 Å². The standard InChI is InChI=1S/C6H12N2O2/c1-6(2)3-7-5(10)8-4(6)9/h4,9H,3H2,1-2H3,(H2,7,8,10). The van der Waals surface area contributed by atoms with Gasteiger partial charge in [0.15, 0.2) is 0 Å². The number of hydrogen-bond donors (Lipinski definition) is 3. The highest BCUT2D eigenvalue weighted by Crippen LogP contribution is 2.19. The van der Waals surface area contributed by atoms with Gasteiger partial charge in [0.1, 0.15) is 6.23 Å². The summed E-state index contributed by atoms with van der Waals surface area (Å²) >= 11 is 0. The molecule has 58 valence electrons. The van der Waals surface area contributed by atoms with Gasteiger partial charge in [0, 0.05) is 12.0 Å². The van der Waals surface area contributed by atoms with E-state index in [-0.39, 0.29) is 11.4 Å². The number of urea groups is 1. The van der Waals surface area contributed by atoms with Crippen LogP contribution in [-0.4, -0.2) is 23.9 Å². The summed E-state index contributed by atoms with van der Waals surface area (Å²) in [6.07, 6.45) is -0.735. The van der Waals surface area contributed by atoms with Crippen molar-refractivity contribution < 1.29 is 9.90 Å². The summed E-state index contributed by atoms with van der Waals surface area (Å²) in [6, 6.07) is -0.299. The zero-order valence-electron chi connectivity index (χ0n) is 6.14. The molecule has 0 bridgehead atoms. The van der Waals surface area contributed by atoms with Crippen molar-refractivity contribution in [2.24, 2.45) is 5.41 Å². The number of amides is 2. The first-order chi connectivity index (χ1) is 4.52. The molecule has 1 heterocycles. The molecule has 0 spiro atoms. The summed E-state index contributed by atoms with van der Waals surface area (Å²) in [5.41, 5.74) is -0.270. The molecule has 0 saturated carbocycles. The number of hydrogen-bond acceptors (Lipinski definition) is 2. The van der Waals surface area contributed by atoms with E-state index in [1.807, 2.05) is 13.8 Å². The zero-order chi connectivity index (χ0) is 7.78. The molecule has 1 atom stereocenters. The molecule has 1 fully saturated rings. The fourth-order valence-electron chi connectivity index (χ4n) is 0.775. The second kappa shape index (κ2) is 2.12. The molecule has 1 aliphatic heterocycles. The summed E-state index contributed by atoms with van der Waals surface area (Å²) in [6.45, 7) is 4.27. The van der Waals surface area contributed by atoms with Crippen LogP contribution >= 0.6 is 0 Å². The van der Waals surface area contributed by atoms with Crippen molar-refractivity contribution in [2.45, 2.75) is 20.1 Å². The molecule has 1 unspecified atom stereocenters. The van der Waals surface area contributed by atoms with Crippen molar-refractivity contribution in [3.05, 3.63) is 0 Å². The smallest absolute Gasteiger partial charge is 0.316 e. The van der Waals surface area contributed by atoms with Gasteiger partial charge in [0.2, 0.25) is 0 Å². The highest BCUT2D eigenvalue weighted by atomic mass is 16.3. The Morgan fingerprint density at radius 2 is 2.30 bits per heavy atom. The first-order valence-corrected chi connectivity index (χ1v) is 3.25. The Morgan fingerprint density at radius 3 is 2.70 bits per heavy atom. The zero-order valence-corrected chi connectivity index (χ0v) is 6.14. The molecule has 3 N–H and O–H groups in total. The molecular formula is C6H12N2O2. The van der Waals surface area contributed by atoms with E-state index in [1.165, 1.54) is 0 Å². The SMILES string of the molecule is CC1(C)CNC(=O)NC1O. The lowest BCUT2D eigenvalue weighted by Crippen LogP contribution is -2.59. The van der Waals surface area contributed by atoms with Crippen molar-refractivity contribution in [1.82, 2.24) is 10.6 Å². The van der Waals surface area contributed by atoms with Crippen LogP contribution in [0.1, 0.15) is 13.8 Å². The Bertz CT molecular complexity index is 156. The molecule has 0 aromatic heterocycles. The molecule has 4 nitrogen and oxygen atoms in total. The fraction of sp³-hybridized carbons (Fsp3) is 0.833. The van der Waals surface area contributed by atoms with Crippen LogP contribution in [0.25, 0.3) is 0 Å². The van der Waals surface area contributed by atoms with Crippen LogP contribution in [0.2, 0.25) is 0 Å². The molecule has 0 aliphatic carbocycles. The molecule has 1 saturated heterocycles. The van der Waals surface area contributed by atoms with E-state index in [2.05, 4.69) is 10.6 Å². The van der Waals surface area contributed by atoms with Crippen molar-refractivity contribution >= 4 is 6.03 Å². The molecule has 1 aliphatic rings. The number of rotatable bonds is 0. The summed E-state index contributed by atoms with van der Waals surface area (Å²) < 4.78 is 0. The quantitative estimate of drug-likeness (QED) is 0.435. The first kappa shape index (κ1) is 7.34. The maximum Gasteiger partial charge on any atom is 0.316 e. The third-order valence-corrected chi connectivity index (χ3v) is 1.71. The van der Waals surface area contributed by atoms with Crippen molar-refractivity contribution in [1.29, 1.82) is 0 Å². The van der Waals surface area contributed by atoms with E-state index < -0.39 is 6.23 Å². The van der Waals surface area contributed by atoms with E-state index in [1.54, 1.807) is 0 Å². The first-order valence-electron chi connectivity index (χ1n) is 3.25. The number of carbonyl (C=O) groups excluding carboxylic acids is 1. The highest BCUT2D eigenvalue weighted by Gasteiger charge is 2.33.